The highest BCUT2D eigenvalue weighted by Gasteiger charge is 2.26. The number of hydrogen-bond acceptors (Lipinski definition) is 5. The average molecular weight is 323 g/mol. The van der Waals surface area contributed by atoms with Gasteiger partial charge in [0.1, 0.15) is 0 Å². The minimum Gasteiger partial charge on any atom is -0.341 e. The molecule has 4 rings (SSSR count). The SMILES string of the molecule is c1cncc(-c2cnc(N3CCC(N4CCCCC4)CC3)nc2)c1. The van der Waals surface area contributed by atoms with E-state index in [4.69, 9.17) is 0 Å². The Bertz CT molecular complexity index is 629. The van der Waals surface area contributed by atoms with Gasteiger partial charge in [-0.2, -0.15) is 0 Å². The summed E-state index contributed by atoms with van der Waals surface area (Å²) in [6, 6.07) is 4.74. The summed E-state index contributed by atoms with van der Waals surface area (Å²) >= 11 is 0. The molecule has 0 radical (unpaired) electrons. The second-order valence-corrected chi connectivity index (χ2v) is 6.83. The van der Waals surface area contributed by atoms with Crippen LogP contribution < -0.4 is 4.90 Å². The highest BCUT2D eigenvalue weighted by molar-refractivity contribution is 5.60. The van der Waals surface area contributed by atoms with Crippen molar-refractivity contribution in [1.82, 2.24) is 19.9 Å². The maximum absolute atomic E-state index is 4.59. The number of nitrogens with zero attached hydrogens (tertiary/aromatic N) is 5. The van der Waals surface area contributed by atoms with Crippen molar-refractivity contribution in [3.63, 3.8) is 0 Å². The molecule has 2 aromatic rings. The fourth-order valence-electron chi connectivity index (χ4n) is 3.88. The molecule has 2 aromatic heterocycles. The molecule has 2 saturated heterocycles. The van der Waals surface area contributed by atoms with Crippen molar-refractivity contribution in [3.8, 4) is 11.1 Å². The first-order chi connectivity index (χ1) is 11.9. The lowest BCUT2D eigenvalue weighted by molar-refractivity contribution is 0.141. The highest BCUT2D eigenvalue weighted by Crippen LogP contribution is 2.24. The lowest BCUT2D eigenvalue weighted by Gasteiger charge is -2.40. The van der Waals surface area contributed by atoms with Gasteiger partial charge in [-0.05, 0) is 44.8 Å². The zero-order valence-electron chi connectivity index (χ0n) is 14.1. The number of likely N-dealkylation sites (tertiary alicyclic amines) is 1. The average Bonchev–Trinajstić information content (AvgIpc) is 2.70. The molecule has 4 heterocycles. The Hall–Kier alpha value is -2.01. The van der Waals surface area contributed by atoms with E-state index < -0.39 is 0 Å². The second-order valence-electron chi connectivity index (χ2n) is 6.83. The van der Waals surface area contributed by atoms with E-state index in [-0.39, 0.29) is 0 Å². The number of hydrogen-bond donors (Lipinski definition) is 0. The summed E-state index contributed by atoms with van der Waals surface area (Å²) in [7, 11) is 0. The highest BCUT2D eigenvalue weighted by atomic mass is 15.3. The second kappa shape index (κ2) is 7.26. The van der Waals surface area contributed by atoms with E-state index in [2.05, 4.69) is 24.8 Å². The third-order valence-corrected chi connectivity index (χ3v) is 5.29. The lowest BCUT2D eigenvalue weighted by Crippen LogP contribution is -2.47. The van der Waals surface area contributed by atoms with Crippen molar-refractivity contribution >= 4 is 5.95 Å². The molecule has 0 aromatic carbocycles. The first-order valence-electron chi connectivity index (χ1n) is 9.11. The summed E-state index contributed by atoms with van der Waals surface area (Å²) in [5, 5.41) is 0. The van der Waals surface area contributed by atoms with Gasteiger partial charge in [0, 0.05) is 55.0 Å². The Morgan fingerprint density at radius 2 is 1.58 bits per heavy atom. The molecule has 0 unspecified atom stereocenters. The minimum atomic E-state index is 0.760. The summed E-state index contributed by atoms with van der Waals surface area (Å²) in [5.74, 6) is 0.861. The molecule has 0 bridgehead atoms. The van der Waals surface area contributed by atoms with E-state index in [1.807, 2.05) is 30.7 Å². The van der Waals surface area contributed by atoms with Crippen LogP contribution in [0.2, 0.25) is 0 Å². The number of piperidine rings is 2. The molecule has 126 valence electrons. The standard InChI is InChI=1S/C19H25N5/c1-2-9-23(10-3-1)18-6-11-24(12-7-18)19-21-14-17(15-22-19)16-5-4-8-20-13-16/h4-5,8,13-15,18H,1-3,6-7,9-12H2. The summed E-state index contributed by atoms with van der Waals surface area (Å²) in [5.41, 5.74) is 2.09. The molecule has 0 N–H and O–H groups in total. The van der Waals surface area contributed by atoms with Crippen molar-refractivity contribution in [3.05, 3.63) is 36.9 Å². The van der Waals surface area contributed by atoms with Crippen molar-refractivity contribution in [2.75, 3.05) is 31.1 Å². The molecule has 2 aliphatic rings. The van der Waals surface area contributed by atoms with Crippen LogP contribution in [-0.2, 0) is 0 Å². The van der Waals surface area contributed by atoms with Crippen molar-refractivity contribution in [1.29, 1.82) is 0 Å². The van der Waals surface area contributed by atoms with Crippen LogP contribution in [0.1, 0.15) is 32.1 Å². The summed E-state index contributed by atoms with van der Waals surface area (Å²) in [6.45, 7) is 4.71. The van der Waals surface area contributed by atoms with Gasteiger partial charge in [0.15, 0.2) is 0 Å². The lowest BCUT2D eigenvalue weighted by atomic mass is 10.0. The fourth-order valence-corrected chi connectivity index (χ4v) is 3.88. The number of rotatable bonds is 3. The molecule has 0 aliphatic carbocycles. The van der Waals surface area contributed by atoms with E-state index in [9.17, 15) is 0 Å². The molecule has 2 aliphatic heterocycles. The quantitative estimate of drug-likeness (QED) is 0.869. The van der Waals surface area contributed by atoms with Crippen LogP contribution in [0.15, 0.2) is 36.9 Å². The smallest absolute Gasteiger partial charge is 0.225 e. The number of aromatic nitrogens is 3. The topological polar surface area (TPSA) is 45.2 Å². The predicted octanol–water partition coefficient (Wildman–Crippen LogP) is 2.99. The van der Waals surface area contributed by atoms with Gasteiger partial charge in [0.05, 0.1) is 0 Å². The number of anilines is 1. The van der Waals surface area contributed by atoms with E-state index >= 15 is 0 Å². The van der Waals surface area contributed by atoms with Crippen LogP contribution in [0.4, 0.5) is 5.95 Å². The van der Waals surface area contributed by atoms with E-state index in [0.29, 0.717) is 0 Å². The Morgan fingerprint density at radius 1 is 0.833 bits per heavy atom. The summed E-state index contributed by atoms with van der Waals surface area (Å²) in [6.07, 6.45) is 14.1. The molecule has 24 heavy (non-hydrogen) atoms. The van der Waals surface area contributed by atoms with E-state index in [1.165, 1.54) is 45.2 Å². The van der Waals surface area contributed by atoms with Gasteiger partial charge in [0.2, 0.25) is 5.95 Å². The van der Waals surface area contributed by atoms with Crippen LogP contribution in [0, 0.1) is 0 Å². The Morgan fingerprint density at radius 3 is 2.25 bits per heavy atom. The molecule has 0 spiro atoms. The Kier molecular flexibility index (Phi) is 4.69. The van der Waals surface area contributed by atoms with E-state index in [1.54, 1.807) is 6.20 Å². The third-order valence-electron chi connectivity index (χ3n) is 5.29. The van der Waals surface area contributed by atoms with Crippen LogP contribution in [0.5, 0.6) is 0 Å². The van der Waals surface area contributed by atoms with Crippen LogP contribution in [-0.4, -0.2) is 52.1 Å². The van der Waals surface area contributed by atoms with Gasteiger partial charge < -0.3 is 9.80 Å². The normalized spacial score (nSPS) is 20.2. The predicted molar refractivity (Wildman–Crippen MR) is 95.9 cm³/mol. The third kappa shape index (κ3) is 3.41. The molecule has 0 saturated carbocycles. The van der Waals surface area contributed by atoms with E-state index in [0.717, 1.165) is 36.2 Å². The largest absolute Gasteiger partial charge is 0.341 e. The molecule has 0 amide bonds. The zero-order valence-corrected chi connectivity index (χ0v) is 14.1. The van der Waals surface area contributed by atoms with Crippen LogP contribution >= 0.6 is 0 Å². The monoisotopic (exact) mass is 323 g/mol. The Balaban J connectivity index is 1.37. The van der Waals surface area contributed by atoms with Gasteiger partial charge in [-0.15, -0.1) is 0 Å². The summed E-state index contributed by atoms with van der Waals surface area (Å²) in [4.78, 5) is 18.4. The Labute approximate surface area is 143 Å². The summed E-state index contributed by atoms with van der Waals surface area (Å²) < 4.78 is 0. The zero-order chi connectivity index (χ0) is 16.2. The fraction of sp³-hybridized carbons (Fsp3) is 0.526. The van der Waals surface area contributed by atoms with Crippen LogP contribution in [0.25, 0.3) is 11.1 Å². The van der Waals surface area contributed by atoms with Crippen molar-refractivity contribution in [2.24, 2.45) is 0 Å². The van der Waals surface area contributed by atoms with Gasteiger partial charge in [-0.3, -0.25) is 4.98 Å². The van der Waals surface area contributed by atoms with Gasteiger partial charge in [-0.1, -0.05) is 12.5 Å². The minimum absolute atomic E-state index is 0.760. The molecular weight excluding hydrogens is 298 g/mol. The first-order valence-corrected chi connectivity index (χ1v) is 9.11. The van der Waals surface area contributed by atoms with Crippen LogP contribution in [0.3, 0.4) is 0 Å². The maximum atomic E-state index is 4.59. The molecular formula is C19H25N5. The van der Waals surface area contributed by atoms with Gasteiger partial charge in [0.25, 0.3) is 0 Å². The molecule has 5 nitrogen and oxygen atoms in total. The molecule has 0 atom stereocenters. The first kappa shape index (κ1) is 15.5. The maximum Gasteiger partial charge on any atom is 0.225 e. The van der Waals surface area contributed by atoms with Gasteiger partial charge in [-0.25, -0.2) is 9.97 Å². The van der Waals surface area contributed by atoms with Crippen molar-refractivity contribution in [2.45, 2.75) is 38.1 Å². The molecule has 5 heteroatoms. The molecule has 2 fully saturated rings. The van der Waals surface area contributed by atoms with Crippen molar-refractivity contribution < 1.29 is 0 Å². The number of pyridine rings is 1. The van der Waals surface area contributed by atoms with Gasteiger partial charge >= 0.3 is 0 Å².